The number of nitrogens with two attached hydrogens (primary N) is 1. The topological polar surface area (TPSA) is 72.6 Å². The number of hydrogen-bond donors (Lipinski definition) is 1. The summed E-state index contributed by atoms with van der Waals surface area (Å²) in [5.74, 6) is 5.92. The predicted octanol–water partition coefficient (Wildman–Crippen LogP) is 2.65. The lowest BCUT2D eigenvalue weighted by Gasteiger charge is -2.18. The van der Waals surface area contributed by atoms with E-state index in [4.69, 9.17) is 22.8 Å². The molecule has 1 aliphatic rings. The van der Waals surface area contributed by atoms with Gasteiger partial charge in [-0.15, -0.1) is 11.3 Å². The van der Waals surface area contributed by atoms with Gasteiger partial charge < -0.3 is 4.74 Å². The van der Waals surface area contributed by atoms with Crippen LogP contribution in [0.2, 0.25) is 0 Å². The molecule has 122 valence electrons. The van der Waals surface area contributed by atoms with Crippen LogP contribution in [0.4, 0.5) is 5.69 Å². The third kappa shape index (κ3) is 3.40. The number of thiophene rings is 1. The molecule has 0 saturated carbocycles. The van der Waals surface area contributed by atoms with E-state index in [-0.39, 0.29) is 17.0 Å². The number of fused-ring (bicyclic) bond motifs is 1. The second kappa shape index (κ2) is 6.20. The van der Waals surface area contributed by atoms with Crippen LogP contribution >= 0.6 is 23.6 Å². The Labute approximate surface area is 144 Å². The fourth-order valence-electron chi connectivity index (χ4n) is 2.54. The summed E-state index contributed by atoms with van der Waals surface area (Å²) in [5, 5.41) is 3.30. The average Bonchev–Trinajstić information content (AvgIpc) is 2.98. The van der Waals surface area contributed by atoms with Crippen LogP contribution in [0.5, 0.6) is 0 Å². The Morgan fingerprint density at radius 3 is 2.91 bits per heavy atom. The van der Waals surface area contributed by atoms with E-state index in [1.807, 2.05) is 13.0 Å². The first-order valence-corrected chi connectivity index (χ1v) is 9.94. The van der Waals surface area contributed by atoms with E-state index in [1.54, 1.807) is 29.6 Å². The number of nitrogens with zero attached hydrogens (tertiary/aromatic N) is 1. The van der Waals surface area contributed by atoms with Gasteiger partial charge in [-0.25, -0.2) is 19.3 Å². The fraction of sp³-hybridized carbons (Fsp3) is 0.267. The first-order valence-electron chi connectivity index (χ1n) is 7.00. The highest BCUT2D eigenvalue weighted by Gasteiger charge is 2.24. The SMILES string of the molecule is CC1Cc2cc(CS(=O)(=O)c3cccs3)ccc2N(N)C(=S)O1. The quantitative estimate of drug-likeness (QED) is 0.663. The van der Waals surface area contributed by atoms with Gasteiger partial charge in [-0.05, 0) is 47.8 Å². The molecule has 1 unspecified atom stereocenters. The second-order valence-electron chi connectivity index (χ2n) is 5.42. The van der Waals surface area contributed by atoms with Crippen LogP contribution in [0.25, 0.3) is 0 Å². The number of benzene rings is 1. The van der Waals surface area contributed by atoms with Crippen LogP contribution in [-0.4, -0.2) is 19.7 Å². The molecule has 1 aromatic heterocycles. The van der Waals surface area contributed by atoms with Gasteiger partial charge in [0.2, 0.25) is 0 Å². The highest BCUT2D eigenvalue weighted by molar-refractivity contribution is 7.92. The molecule has 2 N–H and O–H groups in total. The second-order valence-corrected chi connectivity index (χ2v) is 8.94. The summed E-state index contributed by atoms with van der Waals surface area (Å²) in [7, 11) is -3.33. The van der Waals surface area contributed by atoms with Crippen LogP contribution in [0.1, 0.15) is 18.1 Å². The van der Waals surface area contributed by atoms with Gasteiger partial charge in [0.15, 0.2) is 9.84 Å². The standard InChI is InChI=1S/C15H16N2O3S3/c1-10-7-12-8-11(4-5-13(12)17(16)15(21)20-10)9-23(18,19)14-3-2-6-22-14/h2-6,8,10H,7,9,16H2,1H3. The Kier molecular flexibility index (Phi) is 4.41. The third-order valence-corrected chi connectivity index (χ3v) is 7.04. The lowest BCUT2D eigenvalue weighted by atomic mass is 10.0. The minimum Gasteiger partial charge on any atom is -0.466 e. The number of ether oxygens (including phenoxy) is 1. The summed E-state index contributed by atoms with van der Waals surface area (Å²) in [6, 6.07) is 8.79. The molecule has 0 amide bonds. The van der Waals surface area contributed by atoms with Crippen LogP contribution in [0.15, 0.2) is 39.9 Å². The number of hydrogen-bond acceptors (Lipinski definition) is 6. The van der Waals surface area contributed by atoms with Gasteiger partial charge in [0, 0.05) is 6.42 Å². The summed E-state index contributed by atoms with van der Waals surface area (Å²) in [6.07, 6.45) is 0.509. The van der Waals surface area contributed by atoms with Crippen molar-refractivity contribution in [3.05, 3.63) is 46.8 Å². The summed E-state index contributed by atoms with van der Waals surface area (Å²) in [6.45, 7) is 1.91. The van der Waals surface area contributed by atoms with Gasteiger partial charge in [-0.3, -0.25) is 0 Å². The Morgan fingerprint density at radius 2 is 2.22 bits per heavy atom. The highest BCUT2D eigenvalue weighted by Crippen LogP contribution is 2.28. The van der Waals surface area contributed by atoms with E-state index in [0.717, 1.165) is 16.8 Å². The maximum Gasteiger partial charge on any atom is 0.278 e. The molecule has 0 saturated heterocycles. The van der Waals surface area contributed by atoms with Gasteiger partial charge in [-0.1, -0.05) is 18.2 Å². The molecular weight excluding hydrogens is 352 g/mol. The number of sulfone groups is 1. The maximum atomic E-state index is 12.4. The number of anilines is 1. The minimum absolute atomic E-state index is 0.0367. The lowest BCUT2D eigenvalue weighted by Crippen LogP contribution is -2.37. The third-order valence-electron chi connectivity index (χ3n) is 3.57. The molecule has 0 fully saturated rings. The zero-order chi connectivity index (χ0) is 16.6. The molecule has 0 spiro atoms. The minimum atomic E-state index is -3.33. The van der Waals surface area contributed by atoms with E-state index in [2.05, 4.69) is 0 Å². The molecule has 5 nitrogen and oxygen atoms in total. The molecule has 0 radical (unpaired) electrons. The molecular formula is C15H16N2O3S3. The largest absolute Gasteiger partial charge is 0.466 e. The van der Waals surface area contributed by atoms with E-state index >= 15 is 0 Å². The first kappa shape index (κ1) is 16.4. The predicted molar refractivity (Wildman–Crippen MR) is 95.2 cm³/mol. The fourth-order valence-corrected chi connectivity index (χ4v) is 5.22. The Hall–Kier alpha value is -1.48. The van der Waals surface area contributed by atoms with E-state index in [1.165, 1.54) is 16.3 Å². The van der Waals surface area contributed by atoms with Crippen molar-refractivity contribution in [1.82, 2.24) is 0 Å². The monoisotopic (exact) mass is 368 g/mol. The van der Waals surface area contributed by atoms with Gasteiger partial charge >= 0.3 is 0 Å². The molecule has 3 rings (SSSR count). The van der Waals surface area contributed by atoms with Crippen molar-refractivity contribution in [1.29, 1.82) is 0 Å². The zero-order valence-corrected chi connectivity index (χ0v) is 14.9. The maximum absolute atomic E-state index is 12.4. The average molecular weight is 369 g/mol. The molecule has 0 aliphatic carbocycles. The summed E-state index contributed by atoms with van der Waals surface area (Å²) < 4.78 is 30.7. The number of rotatable bonds is 3. The van der Waals surface area contributed by atoms with Gasteiger partial charge in [0.1, 0.15) is 10.3 Å². The van der Waals surface area contributed by atoms with Crippen molar-refractivity contribution in [2.75, 3.05) is 5.01 Å². The van der Waals surface area contributed by atoms with Crippen molar-refractivity contribution in [2.45, 2.75) is 29.4 Å². The summed E-state index contributed by atoms with van der Waals surface area (Å²) in [4.78, 5) is 0. The van der Waals surface area contributed by atoms with Crippen LogP contribution in [0, 0.1) is 0 Å². The number of thiocarbonyl (C=S) groups is 1. The Bertz CT molecular complexity index is 832. The normalized spacial score (nSPS) is 18.3. The molecule has 2 aromatic rings. The van der Waals surface area contributed by atoms with E-state index in [9.17, 15) is 8.42 Å². The van der Waals surface area contributed by atoms with E-state index in [0.29, 0.717) is 10.6 Å². The molecule has 1 aliphatic heterocycles. The van der Waals surface area contributed by atoms with E-state index < -0.39 is 9.84 Å². The first-order chi connectivity index (χ1) is 10.9. The zero-order valence-electron chi connectivity index (χ0n) is 12.4. The highest BCUT2D eigenvalue weighted by atomic mass is 32.2. The summed E-state index contributed by atoms with van der Waals surface area (Å²) in [5.41, 5.74) is 2.40. The van der Waals surface area contributed by atoms with Crippen molar-refractivity contribution in [3.8, 4) is 0 Å². The van der Waals surface area contributed by atoms with Crippen LogP contribution < -0.4 is 10.9 Å². The van der Waals surface area contributed by atoms with Crippen molar-refractivity contribution >= 4 is 44.3 Å². The van der Waals surface area contributed by atoms with Crippen molar-refractivity contribution < 1.29 is 13.2 Å². The summed E-state index contributed by atoms with van der Waals surface area (Å²) >= 11 is 6.36. The van der Waals surface area contributed by atoms with Crippen molar-refractivity contribution in [2.24, 2.45) is 5.84 Å². The molecule has 1 atom stereocenters. The van der Waals surface area contributed by atoms with Crippen molar-refractivity contribution in [3.63, 3.8) is 0 Å². The smallest absolute Gasteiger partial charge is 0.278 e. The molecule has 0 bridgehead atoms. The van der Waals surface area contributed by atoms with Crippen LogP contribution in [-0.2, 0) is 26.7 Å². The molecule has 1 aromatic carbocycles. The van der Waals surface area contributed by atoms with Gasteiger partial charge in [0.25, 0.3) is 5.17 Å². The number of hydrazine groups is 1. The molecule has 23 heavy (non-hydrogen) atoms. The Balaban J connectivity index is 1.94. The molecule has 2 heterocycles. The lowest BCUT2D eigenvalue weighted by molar-refractivity contribution is 0.213. The van der Waals surface area contributed by atoms with Crippen LogP contribution in [0.3, 0.4) is 0 Å². The molecule has 8 heteroatoms. The Morgan fingerprint density at radius 1 is 1.43 bits per heavy atom. The van der Waals surface area contributed by atoms with Gasteiger partial charge in [-0.2, -0.15) is 0 Å². The van der Waals surface area contributed by atoms with Gasteiger partial charge in [0.05, 0.1) is 11.4 Å².